The highest BCUT2D eigenvalue weighted by molar-refractivity contribution is 5.38. The number of ether oxygens (including phenoxy) is 3. The fourth-order valence-electron chi connectivity index (χ4n) is 10.1. The minimum atomic E-state index is -1.56. The van der Waals surface area contributed by atoms with E-state index < -0.39 is 83.3 Å². The van der Waals surface area contributed by atoms with E-state index >= 15 is 0 Å². The van der Waals surface area contributed by atoms with Crippen molar-refractivity contribution in [1.82, 2.24) is 0 Å². The van der Waals surface area contributed by atoms with Crippen LogP contribution >= 0.6 is 0 Å². The van der Waals surface area contributed by atoms with Gasteiger partial charge in [0.25, 0.3) is 0 Å². The van der Waals surface area contributed by atoms with Crippen LogP contribution in [-0.2, 0) is 14.2 Å². The van der Waals surface area contributed by atoms with E-state index in [9.17, 15) is 35.7 Å². The molecule has 2 aliphatic heterocycles. The molecule has 0 aromatic heterocycles. The molecule has 6 rings (SSSR count). The molecule has 0 aromatic carbocycles. The molecule has 5 bridgehead atoms. The highest BCUT2D eigenvalue weighted by atomic mass is 16.7. The van der Waals surface area contributed by atoms with Crippen LogP contribution in [0, 0.1) is 40.4 Å². The van der Waals surface area contributed by atoms with Crippen LogP contribution in [0.25, 0.3) is 0 Å². The first-order chi connectivity index (χ1) is 16.6. The lowest BCUT2D eigenvalue weighted by atomic mass is 9.41. The zero-order valence-electron chi connectivity index (χ0n) is 21.6. The molecule has 4 aliphatic carbocycles. The van der Waals surface area contributed by atoms with Gasteiger partial charge in [-0.3, -0.25) is 0 Å². The van der Waals surface area contributed by atoms with Crippen molar-refractivity contribution >= 4 is 0 Å². The predicted octanol–water partition coefficient (Wildman–Crippen LogP) is -0.901. The van der Waals surface area contributed by atoms with Crippen LogP contribution in [0.3, 0.4) is 0 Å². The Hall–Kier alpha value is -0.400. The Balaban J connectivity index is 1.36. The van der Waals surface area contributed by atoms with Crippen LogP contribution in [0.15, 0.2) is 0 Å². The molecule has 2 saturated heterocycles. The number of rotatable bonds is 4. The van der Waals surface area contributed by atoms with Crippen molar-refractivity contribution in [2.24, 2.45) is 40.4 Å². The monoisotopic (exact) mass is 514 g/mol. The van der Waals surface area contributed by atoms with E-state index in [1.54, 1.807) is 0 Å². The van der Waals surface area contributed by atoms with E-state index in [0.29, 0.717) is 6.42 Å². The van der Waals surface area contributed by atoms with Crippen molar-refractivity contribution in [3.05, 3.63) is 0 Å². The molecule has 2 heterocycles. The predicted molar refractivity (Wildman–Crippen MR) is 123 cm³/mol. The highest BCUT2D eigenvalue weighted by Crippen LogP contribution is 2.83. The molecule has 7 N–H and O–H groups in total. The molecular formula is C26H42O10. The summed E-state index contributed by atoms with van der Waals surface area (Å²) in [6, 6.07) is 0. The summed E-state index contributed by atoms with van der Waals surface area (Å²) in [6.07, 6.45) is -7.35. The van der Waals surface area contributed by atoms with Gasteiger partial charge in [0.1, 0.15) is 30.0 Å². The van der Waals surface area contributed by atoms with Crippen molar-refractivity contribution in [3.63, 3.8) is 0 Å². The quantitative estimate of drug-likeness (QED) is 0.250. The Labute approximate surface area is 211 Å². The third kappa shape index (κ3) is 2.54. The van der Waals surface area contributed by atoms with Crippen molar-refractivity contribution in [1.29, 1.82) is 0 Å². The van der Waals surface area contributed by atoms with Gasteiger partial charge >= 0.3 is 0 Å². The second-order valence-electron chi connectivity index (χ2n) is 13.5. The van der Waals surface area contributed by atoms with Crippen LogP contribution in [0.2, 0.25) is 0 Å². The summed E-state index contributed by atoms with van der Waals surface area (Å²) < 4.78 is 18.2. The molecule has 0 spiro atoms. The summed E-state index contributed by atoms with van der Waals surface area (Å²) in [7, 11) is 0. The van der Waals surface area contributed by atoms with Crippen molar-refractivity contribution < 1.29 is 50.0 Å². The van der Waals surface area contributed by atoms with Crippen molar-refractivity contribution in [2.45, 2.75) is 114 Å². The number of hydrogen-bond acceptors (Lipinski definition) is 10. The molecule has 206 valence electrons. The van der Waals surface area contributed by atoms with Gasteiger partial charge in [0.05, 0.1) is 29.8 Å². The summed E-state index contributed by atoms with van der Waals surface area (Å²) in [5.41, 5.74) is -4.35. The lowest BCUT2D eigenvalue weighted by molar-refractivity contribution is -0.316. The first-order valence-corrected chi connectivity index (χ1v) is 13.4. The van der Waals surface area contributed by atoms with Crippen molar-refractivity contribution in [2.75, 3.05) is 6.61 Å². The molecule has 6 aliphatic rings. The Morgan fingerprint density at radius 2 is 1.69 bits per heavy atom. The molecule has 16 unspecified atom stereocenters. The summed E-state index contributed by atoms with van der Waals surface area (Å²) >= 11 is 0. The topological polar surface area (TPSA) is 169 Å². The third-order valence-corrected chi connectivity index (χ3v) is 12.0. The van der Waals surface area contributed by atoms with Gasteiger partial charge < -0.3 is 50.0 Å². The zero-order chi connectivity index (χ0) is 26.4. The number of fused-ring (bicyclic) bond motifs is 3. The summed E-state index contributed by atoms with van der Waals surface area (Å²) in [4.78, 5) is 0. The lowest BCUT2D eigenvalue weighted by Gasteiger charge is -2.64. The molecule has 16 atom stereocenters. The van der Waals surface area contributed by atoms with Crippen LogP contribution in [0.5, 0.6) is 0 Å². The lowest BCUT2D eigenvalue weighted by Crippen LogP contribution is -2.75. The van der Waals surface area contributed by atoms with Gasteiger partial charge in [-0.05, 0) is 30.1 Å². The molecule has 0 amide bonds. The molecular weight excluding hydrogens is 472 g/mol. The van der Waals surface area contributed by atoms with E-state index in [4.69, 9.17) is 14.2 Å². The van der Waals surface area contributed by atoms with E-state index in [2.05, 4.69) is 13.8 Å². The van der Waals surface area contributed by atoms with Crippen molar-refractivity contribution in [3.8, 4) is 0 Å². The third-order valence-electron chi connectivity index (χ3n) is 12.0. The fourth-order valence-corrected chi connectivity index (χ4v) is 10.1. The Morgan fingerprint density at radius 1 is 1.03 bits per heavy atom. The first kappa shape index (κ1) is 25.9. The van der Waals surface area contributed by atoms with E-state index in [1.165, 1.54) is 0 Å². The van der Waals surface area contributed by atoms with Crippen LogP contribution in [0.4, 0.5) is 0 Å². The SMILES string of the molecule is CC(C)C1CC2C3(C)CC4(O)OC(C5C(C)C(OC6OC(CO)C(O)C(O)C6O)CC53O)C2(O)C14C. The van der Waals surface area contributed by atoms with Crippen LogP contribution < -0.4 is 0 Å². The fraction of sp³-hybridized carbons (Fsp3) is 1.00. The van der Waals surface area contributed by atoms with E-state index in [0.717, 1.165) is 0 Å². The molecule has 6 fully saturated rings. The molecule has 10 nitrogen and oxygen atoms in total. The highest BCUT2D eigenvalue weighted by Gasteiger charge is 2.92. The zero-order valence-corrected chi connectivity index (χ0v) is 21.6. The minimum Gasteiger partial charge on any atom is -0.394 e. The molecule has 4 saturated carbocycles. The second kappa shape index (κ2) is 7.41. The summed E-state index contributed by atoms with van der Waals surface area (Å²) in [5, 5.41) is 77.3. The van der Waals surface area contributed by atoms with E-state index in [-0.39, 0.29) is 36.5 Å². The summed E-state index contributed by atoms with van der Waals surface area (Å²) in [5.74, 6) is -2.47. The van der Waals surface area contributed by atoms with Gasteiger partial charge in [-0.1, -0.05) is 34.6 Å². The molecule has 10 heteroatoms. The van der Waals surface area contributed by atoms with Gasteiger partial charge in [0.2, 0.25) is 0 Å². The molecule has 0 aromatic rings. The molecule has 0 radical (unpaired) electrons. The number of hydrogen-bond donors (Lipinski definition) is 7. The first-order valence-electron chi connectivity index (χ1n) is 13.4. The smallest absolute Gasteiger partial charge is 0.186 e. The maximum atomic E-state index is 12.5. The van der Waals surface area contributed by atoms with Gasteiger partial charge in [-0.15, -0.1) is 0 Å². The minimum absolute atomic E-state index is 0.0308. The van der Waals surface area contributed by atoms with Crippen LogP contribution in [-0.4, -0.2) is 102 Å². The number of aliphatic hydroxyl groups excluding tert-OH is 4. The van der Waals surface area contributed by atoms with Gasteiger partial charge in [-0.2, -0.15) is 0 Å². The normalized spacial score (nSPS) is 65.4. The summed E-state index contributed by atoms with van der Waals surface area (Å²) in [6.45, 7) is 9.46. The van der Waals surface area contributed by atoms with E-state index in [1.807, 2.05) is 20.8 Å². The largest absolute Gasteiger partial charge is 0.394 e. The Kier molecular flexibility index (Phi) is 5.32. The maximum Gasteiger partial charge on any atom is 0.186 e. The standard InChI is InChI=1S/C26H42O10/c1-10(2)12-6-15-22(4)9-25(32)23(12,5)26(15,33)20(36-25)16-11(3)13(7-24(16,22)31)34-21-19(30)18(29)17(28)14(8-27)35-21/h10-21,27-33H,6-9H2,1-5H3. The molecule has 36 heavy (non-hydrogen) atoms. The van der Waals surface area contributed by atoms with Gasteiger partial charge in [0, 0.05) is 24.2 Å². The Morgan fingerprint density at radius 3 is 2.31 bits per heavy atom. The second-order valence-corrected chi connectivity index (χ2v) is 13.5. The van der Waals surface area contributed by atoms with Crippen LogP contribution in [0.1, 0.15) is 53.9 Å². The number of aliphatic hydroxyl groups is 7. The average Bonchev–Trinajstić information content (AvgIpc) is 3.20. The maximum absolute atomic E-state index is 12.5. The van der Waals surface area contributed by atoms with Gasteiger partial charge in [0.15, 0.2) is 12.1 Å². The average molecular weight is 515 g/mol. The Bertz CT molecular complexity index is 930. The van der Waals surface area contributed by atoms with Gasteiger partial charge in [-0.25, -0.2) is 0 Å².